The number of ether oxygens (including phenoxy) is 1. The quantitative estimate of drug-likeness (QED) is 0.243. The molecule has 2 heterocycles. The van der Waals surface area contributed by atoms with Crippen molar-refractivity contribution in [3.05, 3.63) is 98.8 Å². The molecule has 1 saturated carbocycles. The number of hydrogen-bond acceptors (Lipinski definition) is 8. The molecule has 6 unspecified atom stereocenters. The van der Waals surface area contributed by atoms with Crippen molar-refractivity contribution in [1.29, 1.82) is 0 Å². The number of anilines is 1. The van der Waals surface area contributed by atoms with Gasteiger partial charge in [-0.2, -0.15) is 9.91 Å². The van der Waals surface area contributed by atoms with Crippen LogP contribution in [0.15, 0.2) is 76.8 Å². The van der Waals surface area contributed by atoms with Gasteiger partial charge in [-0.3, -0.25) is 24.6 Å². The van der Waals surface area contributed by atoms with Gasteiger partial charge in [-0.05, 0) is 72.9 Å². The van der Waals surface area contributed by atoms with Gasteiger partial charge in [-0.15, -0.1) is 0 Å². The lowest BCUT2D eigenvalue weighted by atomic mass is 9.49. The molecule has 0 aromatic heterocycles. The molecule has 11 nitrogen and oxygen atoms in total. The molecule has 14 heteroatoms. The van der Waals surface area contributed by atoms with Crippen LogP contribution in [0.1, 0.15) is 29.9 Å². The van der Waals surface area contributed by atoms with Crippen molar-refractivity contribution >= 4 is 62.9 Å². The third kappa shape index (κ3) is 4.47. The minimum Gasteiger partial charge on any atom is -0.504 e. The van der Waals surface area contributed by atoms with Crippen molar-refractivity contribution < 1.29 is 38.2 Å². The van der Waals surface area contributed by atoms with Crippen LogP contribution in [-0.4, -0.2) is 51.8 Å². The number of phenols is 1. The summed E-state index contributed by atoms with van der Waals surface area (Å²) in [5.74, 6) is -8.53. The topological polar surface area (TPSA) is 159 Å². The molecule has 6 atom stereocenters. The summed E-state index contributed by atoms with van der Waals surface area (Å²) in [7, 11) is 1.37. The van der Waals surface area contributed by atoms with Crippen molar-refractivity contribution in [3.63, 3.8) is 0 Å². The zero-order valence-electron chi connectivity index (χ0n) is 25.2. The van der Waals surface area contributed by atoms with E-state index in [4.69, 9.17) is 22.1 Å². The average Bonchev–Trinajstić information content (AvgIpc) is 3.44. The highest BCUT2D eigenvalue weighted by molar-refractivity contribution is 9.10. The fraction of sp³-hybridized carbons (Fsp3) is 0.265. The molecule has 6 amide bonds. The van der Waals surface area contributed by atoms with Crippen LogP contribution in [0.2, 0.25) is 5.02 Å². The smallest absolute Gasteiger partial charge is 0.328 e. The number of nitrogens with one attached hydrogen (secondary N) is 1. The van der Waals surface area contributed by atoms with Crippen LogP contribution in [0.4, 0.5) is 14.9 Å². The molecule has 3 aromatic rings. The summed E-state index contributed by atoms with van der Waals surface area (Å²) in [6.07, 6.45) is 1.75. The first-order valence-electron chi connectivity index (χ1n) is 15.0. The highest BCUT2D eigenvalue weighted by atomic mass is 79.9. The Bertz CT molecular complexity index is 1960. The van der Waals surface area contributed by atoms with Gasteiger partial charge in [-0.25, -0.2) is 9.18 Å². The number of hydrogen-bond donors (Lipinski definition) is 3. The number of methoxy groups -OCH3 is 1. The summed E-state index contributed by atoms with van der Waals surface area (Å²) >= 11 is 9.78. The van der Waals surface area contributed by atoms with Crippen LogP contribution in [0.3, 0.4) is 0 Å². The molecule has 0 spiro atoms. The van der Waals surface area contributed by atoms with Gasteiger partial charge >= 0.3 is 6.03 Å². The Kier molecular flexibility index (Phi) is 7.59. The molecule has 48 heavy (non-hydrogen) atoms. The Labute approximate surface area is 286 Å². The van der Waals surface area contributed by atoms with Gasteiger partial charge in [0, 0.05) is 21.0 Å². The molecule has 0 radical (unpaired) electrons. The molecule has 2 saturated heterocycles. The number of urea groups is 1. The number of carbonyl (C=O) groups is 5. The van der Waals surface area contributed by atoms with Crippen LogP contribution in [0, 0.1) is 29.5 Å². The van der Waals surface area contributed by atoms with Crippen molar-refractivity contribution in [3.8, 4) is 11.5 Å². The van der Waals surface area contributed by atoms with Crippen molar-refractivity contribution in [2.75, 3.05) is 12.5 Å². The number of nitrogens with two attached hydrogens (primary N) is 1. The SMILES string of the molecule is COc1cc(Br)cc(C2C3=CCC4C(=O)N(C(N)=O)C(=O)C4C3CC3C(=O)N(Nc4ccc(F)cc4)C(=O)C32c2ccc(Cl)cc2)c1O. The second-order valence-corrected chi connectivity index (χ2v) is 13.6. The summed E-state index contributed by atoms with van der Waals surface area (Å²) in [5, 5.41) is 13.0. The minimum absolute atomic E-state index is 0.0499. The number of aromatic hydroxyl groups is 1. The van der Waals surface area contributed by atoms with Crippen molar-refractivity contribution in [1.82, 2.24) is 9.91 Å². The molecule has 0 bridgehead atoms. The van der Waals surface area contributed by atoms with E-state index < -0.39 is 70.5 Å². The number of likely N-dealkylation sites (tertiary alicyclic amines) is 1. The van der Waals surface area contributed by atoms with E-state index in [9.17, 15) is 28.7 Å². The number of hydrazine groups is 1. The Morgan fingerprint density at radius 2 is 1.73 bits per heavy atom. The van der Waals surface area contributed by atoms with E-state index in [0.717, 1.165) is 5.01 Å². The van der Waals surface area contributed by atoms with E-state index >= 15 is 4.79 Å². The predicted octanol–water partition coefficient (Wildman–Crippen LogP) is 5.02. The lowest BCUT2D eigenvalue weighted by Crippen LogP contribution is -2.53. The molecular weight excluding hydrogens is 711 g/mol. The second-order valence-electron chi connectivity index (χ2n) is 12.3. The normalized spacial score (nSPS) is 27.8. The maximum Gasteiger partial charge on any atom is 0.328 e. The number of phenolic OH excluding ortho intramolecular Hbond substituents is 1. The number of amides is 6. The largest absolute Gasteiger partial charge is 0.504 e. The summed E-state index contributed by atoms with van der Waals surface area (Å²) in [4.78, 5) is 69.4. The number of carbonyl (C=O) groups excluding carboxylic acids is 5. The van der Waals surface area contributed by atoms with Gasteiger partial charge in [0.05, 0.1) is 36.0 Å². The van der Waals surface area contributed by atoms with Crippen LogP contribution >= 0.6 is 27.5 Å². The molecule has 246 valence electrons. The lowest BCUT2D eigenvalue weighted by Gasteiger charge is -2.50. The third-order valence-corrected chi connectivity index (χ3v) is 10.8. The number of primary amides is 1. The molecular formula is C34H27BrClFN4O7. The zero-order chi connectivity index (χ0) is 34.2. The average molecular weight is 738 g/mol. The number of allylic oxidation sites excluding steroid dienone is 2. The number of halogens is 3. The van der Waals surface area contributed by atoms with E-state index in [1.165, 1.54) is 31.4 Å². The lowest BCUT2D eigenvalue weighted by molar-refractivity contribution is -0.139. The van der Waals surface area contributed by atoms with Gasteiger partial charge in [0.2, 0.25) is 11.8 Å². The van der Waals surface area contributed by atoms with Crippen LogP contribution in [0.5, 0.6) is 11.5 Å². The first-order chi connectivity index (χ1) is 22.9. The van der Waals surface area contributed by atoms with E-state index in [1.54, 1.807) is 42.5 Å². The molecule has 7 rings (SSSR count). The third-order valence-electron chi connectivity index (χ3n) is 10.1. The Morgan fingerprint density at radius 3 is 2.38 bits per heavy atom. The number of fused-ring (bicyclic) bond motifs is 4. The summed E-state index contributed by atoms with van der Waals surface area (Å²) in [5.41, 5.74) is 8.02. The Balaban J connectivity index is 1.50. The molecule has 2 aliphatic carbocycles. The second kappa shape index (κ2) is 11.4. The van der Waals surface area contributed by atoms with Gasteiger partial charge in [0.15, 0.2) is 11.5 Å². The highest BCUT2D eigenvalue weighted by Crippen LogP contribution is 2.65. The standard InChI is InChI=1S/C34H27BrClFN4O7/c1-48-25-13-16(35)12-23(28(25)42)27-20-10-11-21-26(31(45)40(29(21)43)33(38)47)22(20)14-24-30(44)41(39-19-8-6-18(37)7-9-19)32(46)34(24,27)15-2-4-17(36)5-3-15/h2-10,12-13,21-22,24,26-27,39,42H,11,14H2,1H3,(H2,38,47). The zero-order valence-corrected chi connectivity index (χ0v) is 27.5. The summed E-state index contributed by atoms with van der Waals surface area (Å²) in [6, 6.07) is 13.6. The summed E-state index contributed by atoms with van der Waals surface area (Å²) in [6.45, 7) is 0. The van der Waals surface area contributed by atoms with E-state index in [1.807, 2.05) is 0 Å². The molecule has 4 N–H and O–H groups in total. The van der Waals surface area contributed by atoms with Crippen molar-refractivity contribution in [2.24, 2.45) is 29.4 Å². The van der Waals surface area contributed by atoms with Crippen LogP contribution in [-0.2, 0) is 24.6 Å². The number of nitrogens with zero attached hydrogens (tertiary/aromatic N) is 2. The fourth-order valence-electron chi connectivity index (χ4n) is 8.19. The fourth-order valence-corrected chi connectivity index (χ4v) is 8.77. The molecule has 3 fully saturated rings. The number of imide groups is 4. The van der Waals surface area contributed by atoms with Gasteiger partial charge in [-0.1, -0.05) is 51.3 Å². The molecule has 3 aromatic carbocycles. The van der Waals surface area contributed by atoms with Crippen LogP contribution < -0.4 is 15.9 Å². The van der Waals surface area contributed by atoms with Gasteiger partial charge in [0.1, 0.15) is 5.82 Å². The van der Waals surface area contributed by atoms with E-state index in [2.05, 4.69) is 21.4 Å². The van der Waals surface area contributed by atoms with Crippen molar-refractivity contribution in [2.45, 2.75) is 24.2 Å². The number of benzene rings is 3. The first-order valence-corrected chi connectivity index (χ1v) is 16.2. The first kappa shape index (κ1) is 31.8. The summed E-state index contributed by atoms with van der Waals surface area (Å²) < 4.78 is 19.8. The predicted molar refractivity (Wildman–Crippen MR) is 173 cm³/mol. The monoisotopic (exact) mass is 736 g/mol. The Hall–Kier alpha value is -4.75. The van der Waals surface area contributed by atoms with E-state index in [-0.39, 0.29) is 35.6 Å². The van der Waals surface area contributed by atoms with Gasteiger partial charge in [0.25, 0.3) is 11.8 Å². The highest BCUT2D eigenvalue weighted by Gasteiger charge is 2.71. The van der Waals surface area contributed by atoms with E-state index in [0.29, 0.717) is 25.5 Å². The number of rotatable bonds is 5. The maximum atomic E-state index is 15.1. The maximum absolute atomic E-state index is 15.1. The Morgan fingerprint density at radius 1 is 1.04 bits per heavy atom. The molecule has 2 aliphatic heterocycles. The van der Waals surface area contributed by atoms with Crippen LogP contribution in [0.25, 0.3) is 0 Å². The molecule has 4 aliphatic rings. The minimum atomic E-state index is -1.72. The van der Waals surface area contributed by atoms with Gasteiger partial charge < -0.3 is 15.6 Å².